The van der Waals surface area contributed by atoms with E-state index in [9.17, 15) is 9.90 Å². The number of ether oxygens (including phenoxy) is 1. The van der Waals surface area contributed by atoms with E-state index in [1.807, 2.05) is 30.3 Å². The fourth-order valence-electron chi connectivity index (χ4n) is 4.23. The van der Waals surface area contributed by atoms with Gasteiger partial charge < -0.3 is 14.8 Å². The number of aromatic amines is 1. The highest BCUT2D eigenvalue weighted by molar-refractivity contribution is 5.85. The zero-order chi connectivity index (χ0) is 18.0. The summed E-state index contributed by atoms with van der Waals surface area (Å²) >= 11 is 0. The van der Waals surface area contributed by atoms with Crippen molar-refractivity contribution in [3.8, 4) is 0 Å². The molecule has 1 unspecified atom stereocenters. The number of para-hydroxylation sites is 1. The first-order chi connectivity index (χ1) is 12.7. The number of benzene rings is 2. The van der Waals surface area contributed by atoms with Gasteiger partial charge in [0.15, 0.2) is 0 Å². The number of H-pyrrole nitrogens is 1. The largest absolute Gasteiger partial charge is 0.506 e. The van der Waals surface area contributed by atoms with Crippen molar-refractivity contribution in [3.63, 3.8) is 0 Å². The van der Waals surface area contributed by atoms with Crippen LogP contribution in [0.15, 0.2) is 54.6 Å². The molecule has 2 N–H and O–H groups in total. The van der Waals surface area contributed by atoms with Crippen molar-refractivity contribution in [2.45, 2.75) is 44.1 Å². The number of aromatic nitrogens is 1. The first kappa shape index (κ1) is 16.7. The van der Waals surface area contributed by atoms with E-state index in [0.717, 1.165) is 37.6 Å². The minimum Gasteiger partial charge on any atom is -0.450 e. The van der Waals surface area contributed by atoms with Gasteiger partial charge in [0.2, 0.25) is 0 Å². The average Bonchev–Trinajstić information content (AvgIpc) is 3.00. The number of hydrogen-bond donors (Lipinski definition) is 2. The van der Waals surface area contributed by atoms with Crippen LogP contribution in [-0.4, -0.2) is 21.8 Å². The van der Waals surface area contributed by atoms with Gasteiger partial charge >= 0.3 is 6.16 Å². The Balaban J connectivity index is 1.56. The molecule has 0 saturated heterocycles. The van der Waals surface area contributed by atoms with Gasteiger partial charge in [0.25, 0.3) is 0 Å². The molecule has 1 aromatic heterocycles. The highest BCUT2D eigenvalue weighted by Gasteiger charge is 2.39. The molecule has 0 fully saturated rings. The van der Waals surface area contributed by atoms with Gasteiger partial charge in [0.1, 0.15) is 5.60 Å². The van der Waals surface area contributed by atoms with E-state index in [2.05, 4.69) is 29.2 Å². The monoisotopic (exact) mass is 349 g/mol. The van der Waals surface area contributed by atoms with Crippen LogP contribution in [0.5, 0.6) is 0 Å². The molecule has 0 bridgehead atoms. The Morgan fingerprint density at radius 3 is 2.69 bits per heavy atom. The van der Waals surface area contributed by atoms with Crippen LogP contribution in [0.25, 0.3) is 10.9 Å². The molecule has 4 heteroatoms. The third-order valence-corrected chi connectivity index (χ3v) is 5.48. The number of aryl methyl sites for hydroxylation is 2. The quantitative estimate of drug-likeness (QED) is 0.629. The summed E-state index contributed by atoms with van der Waals surface area (Å²) in [6.45, 7) is 0. The molecule has 1 heterocycles. The van der Waals surface area contributed by atoms with Crippen molar-refractivity contribution in [2.75, 3.05) is 0 Å². The van der Waals surface area contributed by atoms with E-state index in [0.29, 0.717) is 6.42 Å². The van der Waals surface area contributed by atoms with Crippen molar-refractivity contribution >= 4 is 17.1 Å². The maximum atomic E-state index is 11.4. The number of rotatable bonds is 5. The van der Waals surface area contributed by atoms with Gasteiger partial charge in [-0.3, -0.25) is 0 Å². The van der Waals surface area contributed by atoms with Crippen molar-refractivity contribution in [3.05, 3.63) is 71.4 Å². The highest BCUT2D eigenvalue weighted by Crippen LogP contribution is 2.38. The summed E-state index contributed by atoms with van der Waals surface area (Å²) in [7, 11) is 0. The molecule has 0 radical (unpaired) electrons. The second-order valence-corrected chi connectivity index (χ2v) is 7.19. The molecule has 0 amide bonds. The summed E-state index contributed by atoms with van der Waals surface area (Å²) in [4.78, 5) is 14.9. The molecule has 0 aliphatic heterocycles. The van der Waals surface area contributed by atoms with Crippen molar-refractivity contribution in [1.29, 1.82) is 0 Å². The minimum atomic E-state index is -1.17. The standard InChI is InChI=1S/C22H23NO3/c24-21(25)26-22(13-6-9-16-7-2-1-3-8-16)14-12-20-18(15-22)17-10-4-5-11-19(17)23-20/h1-5,7-8,10-11,23H,6,9,12-15H2,(H,24,25). The van der Waals surface area contributed by atoms with Gasteiger partial charge in [-0.05, 0) is 49.3 Å². The van der Waals surface area contributed by atoms with Crippen LogP contribution < -0.4 is 0 Å². The van der Waals surface area contributed by atoms with E-state index >= 15 is 0 Å². The summed E-state index contributed by atoms with van der Waals surface area (Å²) in [5, 5.41) is 10.5. The maximum Gasteiger partial charge on any atom is 0.506 e. The lowest BCUT2D eigenvalue weighted by Gasteiger charge is -2.36. The van der Waals surface area contributed by atoms with Crippen LogP contribution in [0.3, 0.4) is 0 Å². The molecule has 3 aromatic rings. The molecule has 4 nitrogen and oxygen atoms in total. The van der Waals surface area contributed by atoms with Crippen LogP contribution in [-0.2, 0) is 24.0 Å². The van der Waals surface area contributed by atoms with Gasteiger partial charge in [-0.2, -0.15) is 0 Å². The zero-order valence-electron chi connectivity index (χ0n) is 14.7. The third kappa shape index (κ3) is 3.32. The number of nitrogens with one attached hydrogen (secondary N) is 1. The van der Waals surface area contributed by atoms with Gasteiger partial charge in [-0.25, -0.2) is 4.79 Å². The molecule has 26 heavy (non-hydrogen) atoms. The van der Waals surface area contributed by atoms with E-state index in [-0.39, 0.29) is 0 Å². The molecule has 4 rings (SSSR count). The predicted molar refractivity (Wildman–Crippen MR) is 102 cm³/mol. The molecular weight excluding hydrogens is 326 g/mol. The second kappa shape index (κ2) is 6.87. The molecule has 0 spiro atoms. The Morgan fingerprint density at radius 1 is 1.12 bits per heavy atom. The first-order valence-corrected chi connectivity index (χ1v) is 9.20. The molecular formula is C22H23NO3. The van der Waals surface area contributed by atoms with Crippen molar-refractivity contribution < 1.29 is 14.6 Å². The summed E-state index contributed by atoms with van der Waals surface area (Å²) in [5.74, 6) is 0. The highest BCUT2D eigenvalue weighted by atomic mass is 16.7. The first-order valence-electron chi connectivity index (χ1n) is 9.20. The van der Waals surface area contributed by atoms with Crippen LogP contribution >= 0.6 is 0 Å². The molecule has 134 valence electrons. The summed E-state index contributed by atoms with van der Waals surface area (Å²) in [6.07, 6.45) is 3.62. The predicted octanol–water partition coefficient (Wildman–Crippen LogP) is 5.11. The van der Waals surface area contributed by atoms with Gasteiger partial charge in [-0.15, -0.1) is 0 Å². The fraction of sp³-hybridized carbons (Fsp3) is 0.318. The molecule has 1 aliphatic rings. The Bertz CT molecular complexity index is 916. The number of carboxylic acid groups (broad SMARTS) is 1. The zero-order valence-corrected chi connectivity index (χ0v) is 14.7. The summed E-state index contributed by atoms with van der Waals surface area (Å²) < 4.78 is 5.49. The lowest BCUT2D eigenvalue weighted by atomic mass is 9.79. The minimum absolute atomic E-state index is 0.626. The molecule has 1 aliphatic carbocycles. The smallest absolute Gasteiger partial charge is 0.450 e. The van der Waals surface area contributed by atoms with Crippen LogP contribution in [0, 0.1) is 0 Å². The Labute approximate surface area is 152 Å². The third-order valence-electron chi connectivity index (χ3n) is 5.48. The van der Waals surface area contributed by atoms with Crippen molar-refractivity contribution in [2.24, 2.45) is 0 Å². The Morgan fingerprint density at radius 2 is 1.88 bits per heavy atom. The topological polar surface area (TPSA) is 62.3 Å². The van der Waals surface area contributed by atoms with Crippen molar-refractivity contribution in [1.82, 2.24) is 4.98 Å². The summed E-state index contributed by atoms with van der Waals surface area (Å²) in [5.41, 5.74) is 4.21. The molecule has 0 saturated carbocycles. The lowest BCUT2D eigenvalue weighted by molar-refractivity contribution is -0.0339. The number of fused-ring (bicyclic) bond motifs is 3. The van der Waals surface area contributed by atoms with E-state index in [1.54, 1.807) is 0 Å². The fourth-order valence-corrected chi connectivity index (χ4v) is 4.23. The average molecular weight is 349 g/mol. The van der Waals surface area contributed by atoms with Crippen LogP contribution in [0.4, 0.5) is 4.79 Å². The maximum absolute atomic E-state index is 11.4. The number of carbonyl (C=O) groups is 1. The summed E-state index contributed by atoms with van der Waals surface area (Å²) in [6, 6.07) is 18.5. The van der Waals surface area contributed by atoms with E-state index < -0.39 is 11.8 Å². The normalized spacial score (nSPS) is 19.2. The van der Waals surface area contributed by atoms with E-state index in [4.69, 9.17) is 4.74 Å². The lowest BCUT2D eigenvalue weighted by Crippen LogP contribution is -2.40. The van der Waals surface area contributed by atoms with E-state index in [1.165, 1.54) is 22.2 Å². The Kier molecular flexibility index (Phi) is 4.41. The van der Waals surface area contributed by atoms with Crippen LogP contribution in [0.1, 0.15) is 36.1 Å². The van der Waals surface area contributed by atoms with Gasteiger partial charge in [0, 0.05) is 23.0 Å². The number of hydrogen-bond acceptors (Lipinski definition) is 2. The second-order valence-electron chi connectivity index (χ2n) is 7.19. The van der Waals surface area contributed by atoms with Crippen LogP contribution in [0.2, 0.25) is 0 Å². The Hall–Kier alpha value is -2.75. The van der Waals surface area contributed by atoms with Gasteiger partial charge in [-0.1, -0.05) is 48.5 Å². The molecule has 2 aromatic carbocycles. The SMILES string of the molecule is O=C(O)OC1(CCCc2ccccc2)CCc2[nH]c3ccccc3c2C1. The van der Waals surface area contributed by atoms with Gasteiger partial charge in [0.05, 0.1) is 0 Å². The molecule has 1 atom stereocenters.